The molecule has 2 N–H and O–H groups in total. The molecule has 0 atom stereocenters. The van der Waals surface area contributed by atoms with Gasteiger partial charge >= 0.3 is 0 Å². The number of nitriles is 1. The number of para-hydroxylation sites is 1. The van der Waals surface area contributed by atoms with Crippen molar-refractivity contribution in [2.24, 2.45) is 0 Å². The molecule has 2 aromatic carbocycles. The number of benzene rings is 2. The maximum absolute atomic E-state index is 8.85. The van der Waals surface area contributed by atoms with Crippen molar-refractivity contribution in [3.8, 4) is 6.07 Å². The Hall–Kier alpha value is -2.44. The molecule has 1 aromatic heterocycles. The van der Waals surface area contributed by atoms with E-state index in [1.54, 1.807) is 12.1 Å². The Morgan fingerprint density at radius 2 is 2.05 bits per heavy atom. The van der Waals surface area contributed by atoms with E-state index < -0.39 is 0 Å². The molecule has 3 rings (SSSR count). The van der Waals surface area contributed by atoms with Crippen molar-refractivity contribution in [2.75, 3.05) is 5.32 Å². The van der Waals surface area contributed by atoms with Crippen molar-refractivity contribution < 1.29 is 0 Å². The zero-order valence-corrected chi connectivity index (χ0v) is 11.4. The molecular weight excluding hydrogens is 270 g/mol. The zero-order valence-electron chi connectivity index (χ0n) is 10.7. The van der Waals surface area contributed by atoms with Crippen LogP contribution in [0.4, 0.5) is 5.69 Å². The highest BCUT2D eigenvalue weighted by Crippen LogP contribution is 2.22. The lowest BCUT2D eigenvalue weighted by Crippen LogP contribution is -1.98. The molecule has 20 heavy (non-hydrogen) atoms. The van der Waals surface area contributed by atoms with E-state index in [0.29, 0.717) is 17.1 Å². The van der Waals surface area contributed by atoms with Gasteiger partial charge in [-0.2, -0.15) is 5.26 Å². The summed E-state index contributed by atoms with van der Waals surface area (Å²) in [7, 11) is 0. The van der Waals surface area contributed by atoms with E-state index >= 15 is 0 Å². The molecule has 1 heterocycles. The summed E-state index contributed by atoms with van der Waals surface area (Å²) in [6, 6.07) is 15.6. The van der Waals surface area contributed by atoms with Gasteiger partial charge in [0.05, 0.1) is 10.6 Å². The number of rotatable bonds is 3. The molecule has 98 valence electrons. The summed E-state index contributed by atoms with van der Waals surface area (Å²) >= 11 is 6.02. The third-order valence-electron chi connectivity index (χ3n) is 3.25. The fourth-order valence-corrected chi connectivity index (χ4v) is 2.41. The zero-order chi connectivity index (χ0) is 13.9. The Balaban J connectivity index is 1.80. The summed E-state index contributed by atoms with van der Waals surface area (Å²) in [6.07, 6.45) is 2.00. The lowest BCUT2D eigenvalue weighted by molar-refractivity contribution is 1.16. The van der Waals surface area contributed by atoms with Crippen molar-refractivity contribution in [3.05, 3.63) is 64.8 Å². The van der Waals surface area contributed by atoms with E-state index in [9.17, 15) is 0 Å². The summed E-state index contributed by atoms with van der Waals surface area (Å²) in [6.45, 7) is 0.701. The van der Waals surface area contributed by atoms with Gasteiger partial charge in [0.25, 0.3) is 0 Å². The fraction of sp³-hybridized carbons (Fsp3) is 0.0625. The average Bonchev–Trinajstić information content (AvgIpc) is 2.88. The van der Waals surface area contributed by atoms with Crippen molar-refractivity contribution in [1.82, 2.24) is 4.98 Å². The molecule has 0 amide bonds. The summed E-state index contributed by atoms with van der Waals surface area (Å²) in [5, 5.41) is 13.8. The molecule has 0 saturated carbocycles. The van der Waals surface area contributed by atoms with Crippen LogP contribution in [0.5, 0.6) is 0 Å². The monoisotopic (exact) mass is 281 g/mol. The lowest BCUT2D eigenvalue weighted by Gasteiger charge is -2.06. The minimum absolute atomic E-state index is 0.469. The van der Waals surface area contributed by atoms with Crippen LogP contribution in [0.15, 0.2) is 48.7 Å². The number of halogens is 1. The Labute approximate surface area is 121 Å². The molecule has 0 bridgehead atoms. The standard InChI is InChI=1S/C16H12ClN3/c17-15-7-13(6-5-11(15)8-18)19-9-12-10-20-16-4-2-1-3-14(12)16/h1-7,10,19-20H,9H2. The van der Waals surface area contributed by atoms with Gasteiger partial charge in [0.2, 0.25) is 0 Å². The number of hydrogen-bond acceptors (Lipinski definition) is 2. The van der Waals surface area contributed by atoms with Crippen LogP contribution in [0.25, 0.3) is 10.9 Å². The van der Waals surface area contributed by atoms with E-state index in [2.05, 4.69) is 28.5 Å². The average molecular weight is 282 g/mol. The maximum atomic E-state index is 8.85. The molecular formula is C16H12ClN3. The molecule has 0 radical (unpaired) electrons. The van der Waals surface area contributed by atoms with Crippen molar-refractivity contribution in [1.29, 1.82) is 5.26 Å². The molecule has 3 nitrogen and oxygen atoms in total. The maximum Gasteiger partial charge on any atom is 0.101 e. The van der Waals surface area contributed by atoms with E-state index in [-0.39, 0.29) is 0 Å². The Bertz CT molecular complexity index is 799. The van der Waals surface area contributed by atoms with Gasteiger partial charge in [0.15, 0.2) is 0 Å². The highest BCUT2D eigenvalue weighted by molar-refractivity contribution is 6.32. The van der Waals surface area contributed by atoms with Crippen LogP contribution in [0, 0.1) is 11.3 Å². The van der Waals surface area contributed by atoms with Gasteiger partial charge in [-0.1, -0.05) is 29.8 Å². The van der Waals surface area contributed by atoms with Gasteiger partial charge in [-0.05, 0) is 29.8 Å². The number of aromatic amines is 1. The molecule has 0 aliphatic heterocycles. The summed E-state index contributed by atoms with van der Waals surface area (Å²) in [5.41, 5.74) is 3.71. The highest BCUT2D eigenvalue weighted by atomic mass is 35.5. The number of fused-ring (bicyclic) bond motifs is 1. The SMILES string of the molecule is N#Cc1ccc(NCc2c[nH]c3ccccc23)cc1Cl. The molecule has 0 spiro atoms. The normalized spacial score (nSPS) is 10.4. The molecule has 0 saturated heterocycles. The molecule has 0 fully saturated rings. The second-order valence-corrected chi connectivity index (χ2v) is 4.93. The van der Waals surface area contributed by atoms with E-state index in [1.807, 2.05) is 24.4 Å². The van der Waals surface area contributed by atoms with Gasteiger partial charge in [0, 0.05) is 29.3 Å². The van der Waals surface area contributed by atoms with Crippen molar-refractivity contribution in [2.45, 2.75) is 6.54 Å². The Morgan fingerprint density at radius 3 is 2.85 bits per heavy atom. The second kappa shape index (κ2) is 5.28. The predicted molar refractivity (Wildman–Crippen MR) is 81.8 cm³/mol. The summed E-state index contributed by atoms with van der Waals surface area (Å²) < 4.78 is 0. The molecule has 0 aliphatic carbocycles. The first-order valence-corrected chi connectivity index (χ1v) is 6.64. The lowest BCUT2D eigenvalue weighted by atomic mass is 10.1. The van der Waals surface area contributed by atoms with Crippen LogP contribution in [0.3, 0.4) is 0 Å². The number of anilines is 1. The Morgan fingerprint density at radius 1 is 1.20 bits per heavy atom. The number of aromatic nitrogens is 1. The smallest absolute Gasteiger partial charge is 0.101 e. The topological polar surface area (TPSA) is 51.6 Å². The quantitative estimate of drug-likeness (QED) is 0.752. The highest BCUT2D eigenvalue weighted by Gasteiger charge is 2.04. The van der Waals surface area contributed by atoms with E-state index in [1.165, 1.54) is 10.9 Å². The largest absolute Gasteiger partial charge is 0.381 e. The fourth-order valence-electron chi connectivity index (χ4n) is 2.19. The molecule has 0 aliphatic rings. The van der Waals surface area contributed by atoms with Gasteiger partial charge in [-0.3, -0.25) is 0 Å². The van der Waals surface area contributed by atoms with Crippen LogP contribution >= 0.6 is 11.6 Å². The van der Waals surface area contributed by atoms with E-state index in [0.717, 1.165) is 11.2 Å². The number of nitrogens with zero attached hydrogens (tertiary/aromatic N) is 1. The predicted octanol–water partition coefficient (Wildman–Crippen LogP) is 4.31. The van der Waals surface area contributed by atoms with Crippen LogP contribution in [-0.2, 0) is 6.54 Å². The van der Waals surface area contributed by atoms with Gasteiger partial charge in [-0.15, -0.1) is 0 Å². The minimum Gasteiger partial charge on any atom is -0.381 e. The second-order valence-electron chi connectivity index (χ2n) is 4.52. The molecule has 3 aromatic rings. The number of H-pyrrole nitrogens is 1. The van der Waals surface area contributed by atoms with Gasteiger partial charge < -0.3 is 10.3 Å². The number of hydrogen-bond donors (Lipinski definition) is 2. The van der Waals surface area contributed by atoms with Crippen molar-refractivity contribution in [3.63, 3.8) is 0 Å². The molecule has 0 unspecified atom stereocenters. The minimum atomic E-state index is 0.469. The van der Waals surface area contributed by atoms with Gasteiger partial charge in [0.1, 0.15) is 6.07 Å². The van der Waals surface area contributed by atoms with Crippen molar-refractivity contribution >= 4 is 28.2 Å². The number of nitrogens with one attached hydrogen (secondary N) is 2. The van der Waals surface area contributed by atoms with Crippen LogP contribution < -0.4 is 5.32 Å². The van der Waals surface area contributed by atoms with Gasteiger partial charge in [-0.25, -0.2) is 0 Å². The van der Waals surface area contributed by atoms with Crippen LogP contribution in [-0.4, -0.2) is 4.98 Å². The first kappa shape index (κ1) is 12.6. The van der Waals surface area contributed by atoms with Crippen LogP contribution in [0.2, 0.25) is 5.02 Å². The third kappa shape index (κ3) is 2.34. The first-order valence-electron chi connectivity index (χ1n) is 6.26. The molecule has 4 heteroatoms. The van der Waals surface area contributed by atoms with Crippen LogP contribution in [0.1, 0.15) is 11.1 Å². The summed E-state index contributed by atoms with van der Waals surface area (Å²) in [4.78, 5) is 3.24. The first-order chi connectivity index (χ1) is 9.78. The summed E-state index contributed by atoms with van der Waals surface area (Å²) in [5.74, 6) is 0. The Kier molecular flexibility index (Phi) is 3.32. The third-order valence-corrected chi connectivity index (χ3v) is 3.56. The van der Waals surface area contributed by atoms with E-state index in [4.69, 9.17) is 16.9 Å².